The van der Waals surface area contributed by atoms with Crippen molar-refractivity contribution < 1.29 is 14.6 Å². The van der Waals surface area contributed by atoms with Gasteiger partial charge in [0.05, 0.1) is 32.2 Å². The molecule has 0 amide bonds. The number of ether oxygens (including phenoxy) is 2. The number of nitrogens with zero attached hydrogens (tertiary/aromatic N) is 3. The summed E-state index contributed by atoms with van der Waals surface area (Å²) in [6, 6.07) is 17.5. The fraction of sp³-hybridized carbons (Fsp3) is 0.154. The Morgan fingerprint density at radius 2 is 1.91 bits per heavy atom. The molecule has 0 spiro atoms. The Morgan fingerprint density at radius 3 is 2.70 bits per heavy atom. The number of rotatable bonds is 8. The smallest absolute Gasteiger partial charge is 0.206 e. The van der Waals surface area contributed by atoms with Crippen LogP contribution in [0.15, 0.2) is 82.7 Å². The first-order chi connectivity index (χ1) is 16.1. The molecular weight excluding hydrogens is 434 g/mol. The molecule has 0 unspecified atom stereocenters. The number of phenolic OH excluding ortho intramolecular Hbond substituents is 1. The summed E-state index contributed by atoms with van der Waals surface area (Å²) in [5.41, 5.74) is 2.77. The topological polar surface area (TPSA) is 68.3 Å². The molecule has 33 heavy (non-hydrogen) atoms. The molecule has 1 aromatic heterocycles. The van der Waals surface area contributed by atoms with Crippen molar-refractivity contribution >= 4 is 28.3 Å². The van der Waals surface area contributed by atoms with Crippen molar-refractivity contribution in [3.8, 4) is 28.5 Å². The second-order valence-corrected chi connectivity index (χ2v) is 8.01. The van der Waals surface area contributed by atoms with Gasteiger partial charge in [-0.1, -0.05) is 24.3 Å². The fourth-order valence-corrected chi connectivity index (χ4v) is 4.22. The number of benzene rings is 3. The predicted octanol–water partition coefficient (Wildman–Crippen LogP) is 5.45. The molecule has 0 radical (unpaired) electrons. The van der Waals surface area contributed by atoms with E-state index in [0.29, 0.717) is 18.9 Å². The first-order valence-electron chi connectivity index (χ1n) is 10.5. The van der Waals surface area contributed by atoms with Crippen LogP contribution in [-0.4, -0.2) is 36.3 Å². The van der Waals surface area contributed by atoms with Crippen LogP contribution in [-0.2, 0) is 0 Å². The maximum absolute atomic E-state index is 9.97. The second-order valence-electron chi connectivity index (χ2n) is 7.18. The van der Waals surface area contributed by atoms with Crippen LogP contribution in [0, 0.1) is 0 Å². The van der Waals surface area contributed by atoms with E-state index in [4.69, 9.17) is 14.6 Å². The van der Waals surface area contributed by atoms with E-state index in [1.54, 1.807) is 37.6 Å². The first kappa shape index (κ1) is 22.4. The lowest BCUT2D eigenvalue weighted by molar-refractivity contribution is 0.318. The highest BCUT2D eigenvalue weighted by Gasteiger charge is 2.09. The number of phenols is 1. The SMILES string of the molecule is C=CCN=c1scc(-c2ccc3cc(OC)ccc3c2)n1N=Cc1ccc(O)c(OCC)c1. The molecule has 4 rings (SSSR count). The van der Waals surface area contributed by atoms with Crippen LogP contribution in [0.25, 0.3) is 22.0 Å². The third-order valence-electron chi connectivity index (χ3n) is 4.99. The molecular formula is C26H25N3O3S. The first-order valence-corrected chi connectivity index (χ1v) is 11.4. The van der Waals surface area contributed by atoms with Gasteiger partial charge in [0.15, 0.2) is 11.5 Å². The van der Waals surface area contributed by atoms with E-state index in [1.165, 1.54) is 11.3 Å². The van der Waals surface area contributed by atoms with Gasteiger partial charge in [0, 0.05) is 10.9 Å². The predicted molar refractivity (Wildman–Crippen MR) is 135 cm³/mol. The minimum absolute atomic E-state index is 0.104. The summed E-state index contributed by atoms with van der Waals surface area (Å²) in [5.74, 6) is 1.36. The lowest BCUT2D eigenvalue weighted by Crippen LogP contribution is -2.12. The zero-order valence-corrected chi connectivity index (χ0v) is 19.4. The van der Waals surface area contributed by atoms with E-state index >= 15 is 0 Å². The summed E-state index contributed by atoms with van der Waals surface area (Å²) in [5, 5.41) is 19.0. The Bertz CT molecular complexity index is 1390. The Morgan fingerprint density at radius 1 is 1.09 bits per heavy atom. The minimum Gasteiger partial charge on any atom is -0.504 e. The zero-order valence-electron chi connectivity index (χ0n) is 18.6. The van der Waals surface area contributed by atoms with Crippen LogP contribution < -0.4 is 14.3 Å². The van der Waals surface area contributed by atoms with E-state index < -0.39 is 0 Å². The average molecular weight is 460 g/mol. The van der Waals surface area contributed by atoms with Crippen LogP contribution >= 0.6 is 11.3 Å². The monoisotopic (exact) mass is 459 g/mol. The van der Waals surface area contributed by atoms with Crippen molar-refractivity contribution in [1.29, 1.82) is 0 Å². The molecule has 0 aliphatic heterocycles. The molecule has 0 aliphatic carbocycles. The molecule has 0 saturated carbocycles. The lowest BCUT2D eigenvalue weighted by atomic mass is 10.1. The normalized spacial score (nSPS) is 11.9. The van der Waals surface area contributed by atoms with Crippen LogP contribution in [0.5, 0.6) is 17.2 Å². The van der Waals surface area contributed by atoms with Crippen LogP contribution in [0.4, 0.5) is 0 Å². The summed E-state index contributed by atoms with van der Waals surface area (Å²) in [6.45, 7) is 6.61. The third kappa shape index (κ3) is 4.99. The van der Waals surface area contributed by atoms with Crippen molar-refractivity contribution in [2.75, 3.05) is 20.3 Å². The van der Waals surface area contributed by atoms with Gasteiger partial charge in [-0.2, -0.15) is 5.10 Å². The van der Waals surface area contributed by atoms with Crippen molar-refractivity contribution in [2.24, 2.45) is 10.1 Å². The Balaban J connectivity index is 1.77. The maximum Gasteiger partial charge on any atom is 0.206 e. The van der Waals surface area contributed by atoms with Gasteiger partial charge >= 0.3 is 0 Å². The van der Waals surface area contributed by atoms with Gasteiger partial charge in [0.25, 0.3) is 0 Å². The molecule has 0 atom stereocenters. The van der Waals surface area contributed by atoms with E-state index in [1.807, 2.05) is 35.2 Å². The number of thiazole rings is 1. The van der Waals surface area contributed by atoms with Gasteiger partial charge in [-0.3, -0.25) is 4.99 Å². The number of methoxy groups -OCH3 is 1. The molecule has 1 N–H and O–H groups in total. The fourth-order valence-electron chi connectivity index (χ4n) is 3.38. The number of hydrogen-bond acceptors (Lipinski definition) is 6. The highest BCUT2D eigenvalue weighted by Crippen LogP contribution is 2.28. The Kier molecular flexibility index (Phi) is 6.90. The van der Waals surface area contributed by atoms with Crippen molar-refractivity contribution in [3.63, 3.8) is 0 Å². The highest BCUT2D eigenvalue weighted by atomic mass is 32.1. The van der Waals surface area contributed by atoms with E-state index in [-0.39, 0.29) is 5.75 Å². The van der Waals surface area contributed by atoms with Gasteiger partial charge in [-0.15, -0.1) is 17.9 Å². The van der Waals surface area contributed by atoms with Gasteiger partial charge in [-0.25, -0.2) is 4.68 Å². The molecule has 0 bridgehead atoms. The Hall–Kier alpha value is -3.84. The number of hydrogen-bond donors (Lipinski definition) is 1. The van der Waals surface area contributed by atoms with Crippen LogP contribution in [0.3, 0.4) is 0 Å². The van der Waals surface area contributed by atoms with Gasteiger partial charge in [-0.05, 0) is 59.7 Å². The highest BCUT2D eigenvalue weighted by molar-refractivity contribution is 7.07. The van der Waals surface area contributed by atoms with Gasteiger partial charge < -0.3 is 14.6 Å². The molecule has 0 fully saturated rings. The third-order valence-corrected chi connectivity index (χ3v) is 5.84. The molecule has 3 aromatic carbocycles. The van der Waals surface area contributed by atoms with Crippen LogP contribution in [0.2, 0.25) is 0 Å². The second kappa shape index (κ2) is 10.2. The average Bonchev–Trinajstić information content (AvgIpc) is 3.25. The van der Waals surface area contributed by atoms with Crippen molar-refractivity contribution in [1.82, 2.24) is 4.68 Å². The zero-order chi connectivity index (χ0) is 23.2. The summed E-state index contributed by atoms with van der Waals surface area (Å²) in [7, 11) is 1.67. The molecule has 0 saturated heterocycles. The van der Waals surface area contributed by atoms with E-state index in [9.17, 15) is 5.11 Å². The maximum atomic E-state index is 9.97. The van der Waals surface area contributed by atoms with E-state index in [0.717, 1.165) is 38.1 Å². The lowest BCUT2D eigenvalue weighted by Gasteiger charge is -2.08. The minimum atomic E-state index is 0.104. The summed E-state index contributed by atoms with van der Waals surface area (Å²) in [4.78, 5) is 5.36. The summed E-state index contributed by atoms with van der Waals surface area (Å²) in [6.07, 6.45) is 3.49. The van der Waals surface area contributed by atoms with E-state index in [2.05, 4.69) is 29.8 Å². The van der Waals surface area contributed by atoms with Crippen molar-refractivity contribution in [3.05, 3.63) is 83.0 Å². The summed E-state index contributed by atoms with van der Waals surface area (Å²) >= 11 is 1.52. The molecule has 168 valence electrons. The molecule has 1 heterocycles. The van der Waals surface area contributed by atoms with Gasteiger partial charge in [0.1, 0.15) is 5.75 Å². The standard InChI is InChI=1S/C26H25N3O3S/c1-4-12-27-26-29(28-16-18-6-11-24(30)25(13-18)32-5-2)23(17-33-26)21-8-7-20-15-22(31-3)10-9-19(20)14-21/h4,6-11,13-17,30H,1,5,12H2,2-3H3. The molecule has 7 heteroatoms. The van der Waals surface area contributed by atoms with Gasteiger partial charge in [0.2, 0.25) is 4.80 Å². The summed E-state index contributed by atoms with van der Waals surface area (Å²) < 4.78 is 12.6. The molecule has 4 aromatic rings. The van der Waals surface area contributed by atoms with Crippen molar-refractivity contribution in [2.45, 2.75) is 6.92 Å². The number of aromatic hydroxyl groups is 1. The molecule has 6 nitrogen and oxygen atoms in total. The number of fused-ring (bicyclic) bond motifs is 1. The Labute approximate surface area is 196 Å². The van der Waals surface area contributed by atoms with Crippen LogP contribution in [0.1, 0.15) is 12.5 Å². The molecule has 0 aliphatic rings. The largest absolute Gasteiger partial charge is 0.504 e. The number of aromatic nitrogens is 1. The quantitative estimate of drug-likeness (QED) is 0.281.